The van der Waals surface area contributed by atoms with Crippen LogP contribution in [-0.2, 0) is 9.59 Å². The van der Waals surface area contributed by atoms with Crippen molar-refractivity contribution >= 4 is 23.3 Å². The Balaban J connectivity index is 1.81. The number of rotatable bonds is 7. The highest BCUT2D eigenvalue weighted by Crippen LogP contribution is 2.30. The topological polar surface area (TPSA) is 78.4 Å². The summed E-state index contributed by atoms with van der Waals surface area (Å²) in [6, 6.07) is 7.58. The van der Waals surface area contributed by atoms with Gasteiger partial charge < -0.3 is 15.7 Å². The van der Waals surface area contributed by atoms with E-state index in [9.17, 15) is 9.59 Å². The maximum Gasteiger partial charge on any atom is 0.303 e. The minimum atomic E-state index is -0.781. The third kappa shape index (κ3) is 4.57. The van der Waals surface area contributed by atoms with E-state index in [1.807, 2.05) is 31.2 Å². The second kappa shape index (κ2) is 6.41. The Morgan fingerprint density at radius 1 is 1.25 bits per heavy atom. The highest BCUT2D eigenvalue weighted by Gasteiger charge is 2.29. The third-order valence-corrected chi connectivity index (χ3v) is 3.30. The molecule has 1 aliphatic carbocycles. The zero-order valence-electron chi connectivity index (χ0n) is 11.6. The lowest BCUT2D eigenvalue weighted by Crippen LogP contribution is -2.17. The van der Waals surface area contributed by atoms with E-state index in [0.29, 0.717) is 6.42 Å². The number of aliphatic carboxylic acids is 1. The molecular formula is C15H20N2O3. The number of anilines is 2. The molecule has 2 rings (SSSR count). The molecule has 3 N–H and O–H groups in total. The maximum atomic E-state index is 11.6. The van der Waals surface area contributed by atoms with Gasteiger partial charge in [-0.1, -0.05) is 0 Å². The van der Waals surface area contributed by atoms with Gasteiger partial charge in [0.1, 0.15) is 0 Å². The Bertz CT molecular complexity index is 480. The molecule has 1 aromatic carbocycles. The molecule has 0 aromatic heterocycles. The monoisotopic (exact) mass is 276 g/mol. The van der Waals surface area contributed by atoms with Crippen molar-refractivity contribution in [3.05, 3.63) is 24.3 Å². The first kappa shape index (κ1) is 14.4. The highest BCUT2D eigenvalue weighted by atomic mass is 16.4. The van der Waals surface area contributed by atoms with Crippen LogP contribution in [0.15, 0.2) is 24.3 Å². The van der Waals surface area contributed by atoms with Gasteiger partial charge in [0.05, 0.1) is 0 Å². The Morgan fingerprint density at radius 2 is 1.85 bits per heavy atom. The van der Waals surface area contributed by atoms with Gasteiger partial charge in [0.25, 0.3) is 0 Å². The summed E-state index contributed by atoms with van der Waals surface area (Å²) in [6.45, 7) is 1.95. The van der Waals surface area contributed by atoms with Crippen LogP contribution in [0.1, 0.15) is 32.6 Å². The second-order valence-electron chi connectivity index (χ2n) is 5.32. The van der Waals surface area contributed by atoms with E-state index in [0.717, 1.165) is 24.2 Å². The van der Waals surface area contributed by atoms with Crippen LogP contribution in [0.5, 0.6) is 0 Å². The first-order valence-corrected chi connectivity index (χ1v) is 6.94. The van der Waals surface area contributed by atoms with E-state index in [1.54, 1.807) is 0 Å². The van der Waals surface area contributed by atoms with E-state index in [2.05, 4.69) is 10.6 Å². The molecule has 0 spiro atoms. The predicted molar refractivity (Wildman–Crippen MR) is 77.8 cm³/mol. The molecule has 0 bridgehead atoms. The second-order valence-corrected chi connectivity index (χ2v) is 5.32. The molecule has 1 aliphatic rings. The zero-order chi connectivity index (χ0) is 14.5. The summed E-state index contributed by atoms with van der Waals surface area (Å²) in [5.41, 5.74) is 1.72. The van der Waals surface area contributed by atoms with E-state index in [1.165, 1.54) is 0 Å². The summed E-state index contributed by atoms with van der Waals surface area (Å²) in [6.07, 6.45) is 2.72. The number of carbonyl (C=O) groups is 2. The number of amides is 1. The molecule has 1 saturated carbocycles. The molecule has 0 aliphatic heterocycles. The molecular weight excluding hydrogens is 256 g/mol. The molecule has 20 heavy (non-hydrogen) atoms. The lowest BCUT2D eigenvalue weighted by molar-refractivity contribution is -0.137. The van der Waals surface area contributed by atoms with Crippen molar-refractivity contribution in [3.63, 3.8) is 0 Å². The molecule has 1 fully saturated rings. The van der Waals surface area contributed by atoms with Crippen LogP contribution in [-0.4, -0.2) is 23.0 Å². The number of benzene rings is 1. The number of carboxylic acid groups (broad SMARTS) is 1. The van der Waals surface area contributed by atoms with Crippen LogP contribution in [0, 0.1) is 5.92 Å². The Labute approximate surface area is 118 Å². The van der Waals surface area contributed by atoms with E-state index in [4.69, 9.17) is 5.11 Å². The molecule has 5 heteroatoms. The number of carbonyl (C=O) groups excluding carboxylic acids is 1. The van der Waals surface area contributed by atoms with Gasteiger partial charge in [-0.3, -0.25) is 9.59 Å². The fourth-order valence-corrected chi connectivity index (χ4v) is 1.94. The van der Waals surface area contributed by atoms with Crippen LogP contribution in [0.4, 0.5) is 11.4 Å². The average Bonchev–Trinajstić information content (AvgIpc) is 3.23. The van der Waals surface area contributed by atoms with Gasteiger partial charge >= 0.3 is 5.97 Å². The number of nitrogens with one attached hydrogen (secondary N) is 2. The molecule has 1 atom stereocenters. The van der Waals surface area contributed by atoms with Crippen molar-refractivity contribution in [1.82, 2.24) is 0 Å². The van der Waals surface area contributed by atoms with Gasteiger partial charge in [0, 0.05) is 29.8 Å². The van der Waals surface area contributed by atoms with Crippen LogP contribution in [0.3, 0.4) is 0 Å². The molecule has 1 aromatic rings. The standard InChI is InChI=1S/C15H20N2O3/c1-10(2-9-14(18)19)16-12-5-7-13(8-6-12)17-15(20)11-3-4-11/h5-8,10-11,16H,2-4,9H2,1H3,(H,17,20)(H,18,19). The fraction of sp³-hybridized carbons (Fsp3) is 0.467. The highest BCUT2D eigenvalue weighted by molar-refractivity contribution is 5.94. The lowest BCUT2D eigenvalue weighted by Gasteiger charge is -2.14. The summed E-state index contributed by atoms with van der Waals surface area (Å²) in [4.78, 5) is 22.1. The van der Waals surface area contributed by atoms with Crippen LogP contribution < -0.4 is 10.6 Å². The Kier molecular flexibility index (Phi) is 4.61. The van der Waals surface area contributed by atoms with Gasteiger partial charge in [-0.25, -0.2) is 0 Å². The average molecular weight is 276 g/mol. The molecule has 1 amide bonds. The zero-order valence-corrected chi connectivity index (χ0v) is 11.6. The lowest BCUT2D eigenvalue weighted by atomic mass is 10.1. The van der Waals surface area contributed by atoms with Crippen molar-refractivity contribution in [1.29, 1.82) is 0 Å². The maximum absolute atomic E-state index is 11.6. The molecule has 108 valence electrons. The Morgan fingerprint density at radius 3 is 2.40 bits per heavy atom. The van der Waals surface area contributed by atoms with Crippen LogP contribution >= 0.6 is 0 Å². The summed E-state index contributed by atoms with van der Waals surface area (Å²) in [5, 5.41) is 14.7. The van der Waals surface area contributed by atoms with Gasteiger partial charge in [-0.15, -0.1) is 0 Å². The number of hydrogen-bond donors (Lipinski definition) is 3. The van der Waals surface area contributed by atoms with E-state index < -0.39 is 5.97 Å². The predicted octanol–water partition coefficient (Wildman–Crippen LogP) is 2.70. The van der Waals surface area contributed by atoms with E-state index >= 15 is 0 Å². The first-order chi connectivity index (χ1) is 9.54. The van der Waals surface area contributed by atoms with Gasteiger partial charge in [-0.05, 0) is 50.5 Å². The van der Waals surface area contributed by atoms with Crippen LogP contribution in [0.2, 0.25) is 0 Å². The first-order valence-electron chi connectivity index (χ1n) is 6.94. The molecule has 0 saturated heterocycles. The fourth-order valence-electron chi connectivity index (χ4n) is 1.94. The smallest absolute Gasteiger partial charge is 0.303 e. The van der Waals surface area contributed by atoms with Crippen molar-refractivity contribution in [2.75, 3.05) is 10.6 Å². The van der Waals surface area contributed by atoms with Gasteiger partial charge in [0.2, 0.25) is 5.91 Å². The molecule has 0 heterocycles. The quantitative estimate of drug-likeness (QED) is 0.715. The number of carboxylic acids is 1. The summed E-state index contributed by atoms with van der Waals surface area (Å²) in [5.74, 6) is -0.485. The van der Waals surface area contributed by atoms with Crippen molar-refractivity contribution in [2.24, 2.45) is 5.92 Å². The van der Waals surface area contributed by atoms with Crippen LogP contribution in [0.25, 0.3) is 0 Å². The molecule has 1 unspecified atom stereocenters. The van der Waals surface area contributed by atoms with Gasteiger partial charge in [0.15, 0.2) is 0 Å². The minimum Gasteiger partial charge on any atom is -0.481 e. The minimum absolute atomic E-state index is 0.0954. The third-order valence-electron chi connectivity index (χ3n) is 3.30. The number of hydrogen-bond acceptors (Lipinski definition) is 3. The largest absolute Gasteiger partial charge is 0.481 e. The van der Waals surface area contributed by atoms with Crippen molar-refractivity contribution in [3.8, 4) is 0 Å². The van der Waals surface area contributed by atoms with Crippen molar-refractivity contribution in [2.45, 2.75) is 38.6 Å². The van der Waals surface area contributed by atoms with Gasteiger partial charge in [-0.2, -0.15) is 0 Å². The summed E-state index contributed by atoms with van der Waals surface area (Å²) < 4.78 is 0. The van der Waals surface area contributed by atoms with Crippen molar-refractivity contribution < 1.29 is 14.7 Å². The van der Waals surface area contributed by atoms with E-state index in [-0.39, 0.29) is 24.3 Å². The normalized spacial score (nSPS) is 15.4. The summed E-state index contributed by atoms with van der Waals surface area (Å²) in [7, 11) is 0. The summed E-state index contributed by atoms with van der Waals surface area (Å²) >= 11 is 0. The molecule has 5 nitrogen and oxygen atoms in total. The Hall–Kier alpha value is -2.04. The molecule has 0 radical (unpaired) electrons. The SMILES string of the molecule is CC(CCC(=O)O)Nc1ccc(NC(=O)C2CC2)cc1.